The minimum absolute atomic E-state index is 0.107. The average molecular weight is 433 g/mol. The fourth-order valence-corrected chi connectivity index (χ4v) is 4.72. The maximum absolute atomic E-state index is 12.9. The van der Waals surface area contributed by atoms with E-state index in [4.69, 9.17) is 17.3 Å². The minimum atomic E-state index is 0.107. The lowest BCUT2D eigenvalue weighted by molar-refractivity contribution is 0.0803. The van der Waals surface area contributed by atoms with Gasteiger partial charge >= 0.3 is 0 Å². The van der Waals surface area contributed by atoms with E-state index in [9.17, 15) is 4.79 Å². The number of benzene rings is 2. The van der Waals surface area contributed by atoms with Crippen LogP contribution in [0.15, 0.2) is 54.6 Å². The van der Waals surface area contributed by atoms with Gasteiger partial charge in [-0.25, -0.2) is 4.68 Å². The molecular formula is C25H28N4OS. The van der Waals surface area contributed by atoms with Gasteiger partial charge in [-0.2, -0.15) is 5.10 Å². The molecule has 1 saturated carbocycles. The molecular weight excluding hydrogens is 404 g/mol. The summed E-state index contributed by atoms with van der Waals surface area (Å²) in [6.07, 6.45) is 4.14. The molecule has 0 bridgehead atoms. The molecule has 6 heteroatoms. The molecule has 2 aromatic carbocycles. The van der Waals surface area contributed by atoms with Crippen LogP contribution in [0, 0.1) is 17.6 Å². The average Bonchev–Trinajstić information content (AvgIpc) is 3.60. The van der Waals surface area contributed by atoms with Crippen molar-refractivity contribution in [3.05, 3.63) is 76.3 Å². The Kier molecular flexibility index (Phi) is 5.59. The van der Waals surface area contributed by atoms with E-state index in [1.165, 1.54) is 18.4 Å². The Balaban J connectivity index is 1.28. The normalized spacial score (nSPS) is 17.7. The van der Waals surface area contributed by atoms with Crippen molar-refractivity contribution < 1.29 is 4.79 Å². The van der Waals surface area contributed by atoms with E-state index >= 15 is 0 Å². The van der Waals surface area contributed by atoms with Crippen LogP contribution in [-0.4, -0.2) is 38.1 Å². The topological polar surface area (TPSA) is 43.1 Å². The highest BCUT2D eigenvalue weighted by Gasteiger charge is 2.31. The number of rotatable bonds is 6. The Bertz CT molecular complexity index is 1120. The molecule has 2 aliphatic rings. The molecule has 0 N–H and O–H groups in total. The SMILES string of the molecule is Cc1ccc(C(=O)C2CCN(Cn3nc(C4CC4)n(-c4ccccc4)c3=S)CC2)cc1. The molecule has 5 nitrogen and oxygen atoms in total. The predicted octanol–water partition coefficient (Wildman–Crippen LogP) is 5.14. The summed E-state index contributed by atoms with van der Waals surface area (Å²) in [5.41, 5.74) is 3.11. The molecule has 1 aliphatic heterocycles. The van der Waals surface area contributed by atoms with Crippen LogP contribution < -0.4 is 0 Å². The molecule has 0 spiro atoms. The molecule has 1 saturated heterocycles. The lowest BCUT2D eigenvalue weighted by atomic mass is 9.89. The monoisotopic (exact) mass is 432 g/mol. The summed E-state index contributed by atoms with van der Waals surface area (Å²) in [5, 5.41) is 4.92. The van der Waals surface area contributed by atoms with E-state index in [2.05, 4.69) is 21.6 Å². The van der Waals surface area contributed by atoms with Gasteiger partial charge in [0.2, 0.25) is 4.77 Å². The molecule has 1 aliphatic carbocycles. The van der Waals surface area contributed by atoms with Crippen molar-refractivity contribution in [2.24, 2.45) is 5.92 Å². The molecule has 0 amide bonds. The van der Waals surface area contributed by atoms with Crippen molar-refractivity contribution in [3.63, 3.8) is 0 Å². The number of carbonyl (C=O) groups is 1. The number of Topliss-reactive ketones (excluding diaryl/α,β-unsaturated/α-hetero) is 1. The molecule has 5 rings (SSSR count). The van der Waals surface area contributed by atoms with Crippen molar-refractivity contribution in [2.75, 3.05) is 13.1 Å². The first-order valence-corrected chi connectivity index (χ1v) is 11.6. The van der Waals surface area contributed by atoms with Crippen molar-refractivity contribution >= 4 is 18.0 Å². The van der Waals surface area contributed by atoms with Crippen molar-refractivity contribution in [1.82, 2.24) is 19.2 Å². The first kappa shape index (κ1) is 20.3. The lowest BCUT2D eigenvalue weighted by Crippen LogP contribution is -2.37. The molecule has 0 atom stereocenters. The lowest BCUT2D eigenvalue weighted by Gasteiger charge is -2.30. The molecule has 0 radical (unpaired) electrons. The highest BCUT2D eigenvalue weighted by Crippen LogP contribution is 2.40. The smallest absolute Gasteiger partial charge is 0.203 e. The number of aromatic nitrogens is 3. The third-order valence-corrected chi connectivity index (χ3v) is 6.84. The number of hydrogen-bond donors (Lipinski definition) is 0. The van der Waals surface area contributed by atoms with E-state index in [1.807, 2.05) is 54.1 Å². The molecule has 160 valence electrons. The summed E-state index contributed by atoms with van der Waals surface area (Å²) in [7, 11) is 0. The van der Waals surface area contributed by atoms with Crippen LogP contribution in [0.2, 0.25) is 0 Å². The van der Waals surface area contributed by atoms with Gasteiger partial charge in [-0.05, 0) is 57.0 Å². The second-order valence-electron chi connectivity index (χ2n) is 8.85. The molecule has 2 heterocycles. The number of piperidine rings is 1. The minimum Gasteiger partial charge on any atom is -0.294 e. The Hall–Kier alpha value is -2.57. The van der Waals surface area contributed by atoms with Crippen LogP contribution in [0.3, 0.4) is 0 Å². The highest BCUT2D eigenvalue weighted by atomic mass is 32.1. The number of likely N-dealkylation sites (tertiary alicyclic amines) is 1. The van der Waals surface area contributed by atoms with Gasteiger partial charge in [-0.15, -0.1) is 0 Å². The number of aryl methyl sites for hydroxylation is 1. The molecule has 31 heavy (non-hydrogen) atoms. The Morgan fingerprint density at radius 3 is 2.32 bits per heavy atom. The van der Waals surface area contributed by atoms with Crippen LogP contribution in [-0.2, 0) is 6.67 Å². The van der Waals surface area contributed by atoms with Gasteiger partial charge in [0, 0.05) is 36.2 Å². The number of nitrogens with zero attached hydrogens (tertiary/aromatic N) is 4. The number of ketones is 1. The van der Waals surface area contributed by atoms with Crippen LogP contribution in [0.4, 0.5) is 0 Å². The maximum Gasteiger partial charge on any atom is 0.203 e. The van der Waals surface area contributed by atoms with E-state index < -0.39 is 0 Å². The van der Waals surface area contributed by atoms with Gasteiger partial charge < -0.3 is 0 Å². The zero-order valence-corrected chi connectivity index (χ0v) is 18.7. The Morgan fingerprint density at radius 2 is 1.68 bits per heavy atom. The van der Waals surface area contributed by atoms with Gasteiger partial charge in [-0.3, -0.25) is 14.3 Å². The Labute approximate surface area is 188 Å². The fourth-order valence-electron chi connectivity index (χ4n) is 4.42. The van der Waals surface area contributed by atoms with Gasteiger partial charge in [-0.1, -0.05) is 48.0 Å². The largest absolute Gasteiger partial charge is 0.294 e. The van der Waals surface area contributed by atoms with Gasteiger partial charge in [0.05, 0.1) is 6.67 Å². The summed E-state index contributed by atoms with van der Waals surface area (Å²) in [6.45, 7) is 4.51. The second-order valence-corrected chi connectivity index (χ2v) is 9.21. The number of para-hydroxylation sites is 1. The quantitative estimate of drug-likeness (QED) is 0.399. The van der Waals surface area contributed by atoms with E-state index in [-0.39, 0.29) is 11.7 Å². The molecule has 0 unspecified atom stereocenters. The molecule has 3 aromatic rings. The Morgan fingerprint density at radius 1 is 1.00 bits per heavy atom. The van der Waals surface area contributed by atoms with Gasteiger partial charge in [0.15, 0.2) is 5.78 Å². The molecule has 2 fully saturated rings. The summed E-state index contributed by atoms with van der Waals surface area (Å²) in [4.78, 5) is 15.2. The first-order chi connectivity index (χ1) is 15.1. The second kappa shape index (κ2) is 8.52. The number of hydrogen-bond acceptors (Lipinski definition) is 4. The standard InChI is InChI=1S/C25H28N4OS/c1-18-7-9-19(10-8-18)23(30)20-13-15-27(16-14-20)17-28-25(31)29(22-5-3-2-4-6-22)24(26-28)21-11-12-21/h2-10,20-21H,11-17H2,1H3. The van der Waals surface area contributed by atoms with Crippen LogP contribution in [0.1, 0.15) is 53.3 Å². The summed E-state index contributed by atoms with van der Waals surface area (Å²) < 4.78 is 4.87. The zero-order chi connectivity index (χ0) is 21.4. The van der Waals surface area contributed by atoms with Crippen molar-refractivity contribution in [1.29, 1.82) is 0 Å². The van der Waals surface area contributed by atoms with Crippen LogP contribution >= 0.6 is 12.2 Å². The summed E-state index contributed by atoms with van der Waals surface area (Å²) in [5.74, 6) is 1.98. The summed E-state index contributed by atoms with van der Waals surface area (Å²) >= 11 is 5.83. The molecule has 1 aromatic heterocycles. The third-order valence-electron chi connectivity index (χ3n) is 6.45. The summed E-state index contributed by atoms with van der Waals surface area (Å²) in [6, 6.07) is 18.2. The fraction of sp³-hybridized carbons (Fsp3) is 0.400. The first-order valence-electron chi connectivity index (χ1n) is 11.2. The third kappa shape index (κ3) is 4.27. The predicted molar refractivity (Wildman–Crippen MR) is 124 cm³/mol. The van der Waals surface area contributed by atoms with Crippen molar-refractivity contribution in [3.8, 4) is 5.69 Å². The van der Waals surface area contributed by atoms with Crippen LogP contribution in [0.5, 0.6) is 0 Å². The highest BCUT2D eigenvalue weighted by molar-refractivity contribution is 7.71. The van der Waals surface area contributed by atoms with E-state index in [0.717, 1.165) is 47.8 Å². The van der Waals surface area contributed by atoms with E-state index in [1.54, 1.807) is 0 Å². The van der Waals surface area contributed by atoms with Gasteiger partial charge in [0.1, 0.15) is 5.82 Å². The van der Waals surface area contributed by atoms with E-state index in [0.29, 0.717) is 12.6 Å². The van der Waals surface area contributed by atoms with Crippen molar-refractivity contribution in [2.45, 2.75) is 45.2 Å². The maximum atomic E-state index is 12.9. The number of carbonyl (C=O) groups excluding carboxylic acids is 1. The van der Waals surface area contributed by atoms with Gasteiger partial charge in [0.25, 0.3) is 0 Å². The van der Waals surface area contributed by atoms with Crippen LogP contribution in [0.25, 0.3) is 5.69 Å². The zero-order valence-electron chi connectivity index (χ0n) is 17.9.